The SMILES string of the molecule is COc1ccc2nc(SCCC(=O)O)sc2c1. The van der Waals surface area contributed by atoms with E-state index in [1.807, 2.05) is 18.2 Å². The Bertz CT molecular complexity index is 538. The van der Waals surface area contributed by atoms with Crippen molar-refractivity contribution in [3.05, 3.63) is 18.2 Å². The summed E-state index contributed by atoms with van der Waals surface area (Å²) >= 11 is 3.03. The molecular formula is C11H11NO3S2. The zero-order valence-electron chi connectivity index (χ0n) is 9.17. The van der Waals surface area contributed by atoms with Crippen LogP contribution in [-0.4, -0.2) is 28.9 Å². The number of fused-ring (bicyclic) bond motifs is 1. The van der Waals surface area contributed by atoms with Crippen LogP contribution in [0.4, 0.5) is 0 Å². The van der Waals surface area contributed by atoms with Crippen molar-refractivity contribution in [2.45, 2.75) is 10.8 Å². The van der Waals surface area contributed by atoms with E-state index in [1.165, 1.54) is 11.8 Å². The molecule has 17 heavy (non-hydrogen) atoms. The van der Waals surface area contributed by atoms with Gasteiger partial charge in [0.1, 0.15) is 5.75 Å². The minimum atomic E-state index is -0.778. The summed E-state index contributed by atoms with van der Waals surface area (Å²) in [7, 11) is 1.63. The number of thiazole rings is 1. The molecule has 0 unspecified atom stereocenters. The van der Waals surface area contributed by atoms with Crippen LogP contribution in [0.25, 0.3) is 10.2 Å². The summed E-state index contributed by atoms with van der Waals surface area (Å²) in [5.41, 5.74) is 0.925. The Labute approximate surface area is 107 Å². The van der Waals surface area contributed by atoms with Gasteiger partial charge in [-0.15, -0.1) is 11.3 Å². The van der Waals surface area contributed by atoms with Gasteiger partial charge in [-0.25, -0.2) is 4.98 Å². The van der Waals surface area contributed by atoms with E-state index >= 15 is 0 Å². The van der Waals surface area contributed by atoms with Gasteiger partial charge in [-0.1, -0.05) is 11.8 Å². The summed E-state index contributed by atoms with van der Waals surface area (Å²) in [6, 6.07) is 5.72. The summed E-state index contributed by atoms with van der Waals surface area (Å²) in [5.74, 6) is 0.579. The highest BCUT2D eigenvalue weighted by Gasteiger charge is 2.06. The van der Waals surface area contributed by atoms with Gasteiger partial charge in [-0.3, -0.25) is 4.79 Å². The highest BCUT2D eigenvalue weighted by molar-refractivity contribution is 8.01. The Hall–Kier alpha value is -1.27. The lowest BCUT2D eigenvalue weighted by atomic mass is 10.3. The normalized spacial score (nSPS) is 10.6. The van der Waals surface area contributed by atoms with Gasteiger partial charge < -0.3 is 9.84 Å². The van der Waals surface area contributed by atoms with Crippen LogP contribution in [0.1, 0.15) is 6.42 Å². The molecule has 4 nitrogen and oxygen atoms in total. The fourth-order valence-corrected chi connectivity index (χ4v) is 3.39. The number of ether oxygens (including phenoxy) is 1. The van der Waals surface area contributed by atoms with Crippen LogP contribution >= 0.6 is 23.1 Å². The minimum Gasteiger partial charge on any atom is -0.497 e. The van der Waals surface area contributed by atoms with Gasteiger partial charge in [0.2, 0.25) is 0 Å². The number of carbonyl (C=O) groups is 1. The quantitative estimate of drug-likeness (QED) is 0.846. The summed E-state index contributed by atoms with van der Waals surface area (Å²) in [6.07, 6.45) is 0.157. The first-order chi connectivity index (χ1) is 8.19. The first-order valence-corrected chi connectivity index (χ1v) is 6.78. The minimum absolute atomic E-state index is 0.157. The fraction of sp³-hybridized carbons (Fsp3) is 0.273. The Morgan fingerprint density at radius 1 is 1.59 bits per heavy atom. The lowest BCUT2D eigenvalue weighted by molar-refractivity contribution is -0.136. The third kappa shape index (κ3) is 3.10. The molecule has 2 aromatic rings. The zero-order valence-corrected chi connectivity index (χ0v) is 10.8. The second kappa shape index (κ2) is 5.37. The number of methoxy groups -OCH3 is 1. The molecule has 1 heterocycles. The summed E-state index contributed by atoms with van der Waals surface area (Å²) in [5, 5.41) is 8.55. The van der Waals surface area contributed by atoms with Crippen molar-refractivity contribution in [3.63, 3.8) is 0 Å². The first-order valence-electron chi connectivity index (χ1n) is 4.98. The van der Waals surface area contributed by atoms with Gasteiger partial charge in [0.15, 0.2) is 4.34 Å². The second-order valence-corrected chi connectivity index (χ2v) is 5.68. The van der Waals surface area contributed by atoms with E-state index in [0.717, 1.165) is 20.3 Å². The largest absolute Gasteiger partial charge is 0.497 e. The van der Waals surface area contributed by atoms with Crippen molar-refractivity contribution in [1.82, 2.24) is 4.98 Å². The van der Waals surface area contributed by atoms with Crippen molar-refractivity contribution in [2.24, 2.45) is 0 Å². The molecule has 0 fully saturated rings. The fourth-order valence-electron chi connectivity index (χ4n) is 1.30. The number of hydrogen-bond donors (Lipinski definition) is 1. The molecule has 0 atom stereocenters. The average Bonchev–Trinajstić information content (AvgIpc) is 2.69. The first kappa shape index (κ1) is 12.2. The maximum absolute atomic E-state index is 10.4. The second-order valence-electron chi connectivity index (χ2n) is 3.31. The van der Waals surface area contributed by atoms with E-state index in [4.69, 9.17) is 9.84 Å². The highest BCUT2D eigenvalue weighted by atomic mass is 32.2. The predicted octanol–water partition coefficient (Wildman–Crippen LogP) is 2.87. The van der Waals surface area contributed by atoms with Gasteiger partial charge in [-0.2, -0.15) is 0 Å². The molecular weight excluding hydrogens is 258 g/mol. The number of carboxylic acid groups (broad SMARTS) is 1. The topological polar surface area (TPSA) is 59.4 Å². The molecule has 6 heteroatoms. The maximum Gasteiger partial charge on any atom is 0.304 e. The van der Waals surface area contributed by atoms with Gasteiger partial charge in [-0.05, 0) is 18.2 Å². The van der Waals surface area contributed by atoms with Crippen molar-refractivity contribution < 1.29 is 14.6 Å². The summed E-state index contributed by atoms with van der Waals surface area (Å²) < 4.78 is 7.09. The lowest BCUT2D eigenvalue weighted by Crippen LogP contribution is -1.95. The van der Waals surface area contributed by atoms with Crippen molar-refractivity contribution >= 4 is 39.3 Å². The molecule has 0 saturated carbocycles. The molecule has 1 N–H and O–H groups in total. The average molecular weight is 269 g/mol. The van der Waals surface area contributed by atoms with E-state index in [-0.39, 0.29) is 6.42 Å². The summed E-state index contributed by atoms with van der Waals surface area (Å²) in [6.45, 7) is 0. The van der Waals surface area contributed by atoms with Gasteiger partial charge in [0.25, 0.3) is 0 Å². The number of nitrogens with zero attached hydrogens (tertiary/aromatic N) is 1. The van der Waals surface area contributed by atoms with E-state index in [9.17, 15) is 4.79 Å². The number of thioether (sulfide) groups is 1. The van der Waals surface area contributed by atoms with E-state index < -0.39 is 5.97 Å². The molecule has 1 aromatic heterocycles. The molecule has 0 amide bonds. The number of aliphatic carboxylic acids is 1. The predicted molar refractivity (Wildman–Crippen MR) is 69.1 cm³/mol. The molecule has 0 saturated heterocycles. The van der Waals surface area contributed by atoms with Crippen LogP contribution in [-0.2, 0) is 4.79 Å². The van der Waals surface area contributed by atoms with Gasteiger partial charge in [0.05, 0.1) is 23.7 Å². The van der Waals surface area contributed by atoms with Crippen molar-refractivity contribution in [3.8, 4) is 5.75 Å². The molecule has 0 radical (unpaired) electrons. The van der Waals surface area contributed by atoms with E-state index in [2.05, 4.69) is 4.98 Å². The van der Waals surface area contributed by atoms with Crippen molar-refractivity contribution in [2.75, 3.05) is 12.9 Å². The van der Waals surface area contributed by atoms with Crippen LogP contribution in [0.15, 0.2) is 22.5 Å². The molecule has 0 aliphatic carbocycles. The number of hydrogen-bond acceptors (Lipinski definition) is 5. The monoisotopic (exact) mass is 269 g/mol. The van der Waals surface area contributed by atoms with Gasteiger partial charge >= 0.3 is 5.97 Å². The van der Waals surface area contributed by atoms with Gasteiger partial charge in [0, 0.05) is 5.75 Å². The highest BCUT2D eigenvalue weighted by Crippen LogP contribution is 2.31. The standard InChI is InChI=1S/C11H11NO3S2/c1-15-7-2-3-8-9(6-7)17-11(12-8)16-5-4-10(13)14/h2-3,6H,4-5H2,1H3,(H,13,14). The number of rotatable bonds is 5. The van der Waals surface area contributed by atoms with Crippen LogP contribution in [0, 0.1) is 0 Å². The van der Waals surface area contributed by atoms with Crippen LogP contribution in [0.5, 0.6) is 5.75 Å². The summed E-state index contributed by atoms with van der Waals surface area (Å²) in [4.78, 5) is 14.8. The number of aromatic nitrogens is 1. The molecule has 0 spiro atoms. The van der Waals surface area contributed by atoms with Crippen molar-refractivity contribution in [1.29, 1.82) is 0 Å². The van der Waals surface area contributed by atoms with E-state index in [0.29, 0.717) is 5.75 Å². The molecule has 2 rings (SSSR count). The third-order valence-electron chi connectivity index (χ3n) is 2.12. The Morgan fingerprint density at radius 2 is 2.41 bits per heavy atom. The number of benzene rings is 1. The molecule has 1 aromatic carbocycles. The maximum atomic E-state index is 10.4. The number of carboxylic acids is 1. The van der Waals surface area contributed by atoms with Crippen LogP contribution < -0.4 is 4.74 Å². The Morgan fingerprint density at radius 3 is 3.12 bits per heavy atom. The third-order valence-corrected chi connectivity index (χ3v) is 4.28. The zero-order chi connectivity index (χ0) is 12.3. The molecule has 0 bridgehead atoms. The van der Waals surface area contributed by atoms with Crippen LogP contribution in [0.2, 0.25) is 0 Å². The van der Waals surface area contributed by atoms with E-state index in [1.54, 1.807) is 18.4 Å². The molecule has 0 aliphatic rings. The smallest absolute Gasteiger partial charge is 0.304 e. The lowest BCUT2D eigenvalue weighted by Gasteiger charge is -1.96. The Kier molecular flexibility index (Phi) is 3.86. The molecule has 90 valence electrons. The van der Waals surface area contributed by atoms with Crippen LogP contribution in [0.3, 0.4) is 0 Å². The Balaban J connectivity index is 2.11. The molecule has 0 aliphatic heterocycles.